The van der Waals surface area contributed by atoms with Crippen LogP contribution in [0.2, 0.25) is 0 Å². The normalized spacial score (nSPS) is 30.0. The highest BCUT2D eigenvalue weighted by Crippen LogP contribution is 2.29. The maximum absolute atomic E-state index is 11.2. The summed E-state index contributed by atoms with van der Waals surface area (Å²) >= 11 is 0. The van der Waals surface area contributed by atoms with Gasteiger partial charge in [-0.3, -0.25) is 4.79 Å². The summed E-state index contributed by atoms with van der Waals surface area (Å²) < 4.78 is 15.0. The minimum absolute atomic E-state index is 0.244. The number of carbonyl (C=O) groups is 2. The van der Waals surface area contributed by atoms with Gasteiger partial charge in [0.05, 0.1) is 7.11 Å². The Hall–Kier alpha value is -0.940. The van der Waals surface area contributed by atoms with Gasteiger partial charge in [-0.25, -0.2) is 4.79 Å². The van der Waals surface area contributed by atoms with Crippen LogP contribution < -0.4 is 0 Å². The summed E-state index contributed by atoms with van der Waals surface area (Å²) in [5.74, 6) is -1.75. The van der Waals surface area contributed by atoms with Crippen LogP contribution in [0.3, 0.4) is 0 Å². The van der Waals surface area contributed by atoms with Gasteiger partial charge >= 0.3 is 5.97 Å². The summed E-state index contributed by atoms with van der Waals surface area (Å²) in [5.41, 5.74) is 0. The lowest BCUT2D eigenvalue weighted by Gasteiger charge is -2.15. The molecule has 0 aromatic heterocycles. The van der Waals surface area contributed by atoms with E-state index in [2.05, 4.69) is 4.74 Å². The number of methoxy groups -OCH3 is 1. The van der Waals surface area contributed by atoms with E-state index in [0.717, 1.165) is 0 Å². The predicted molar refractivity (Wildman–Crippen MR) is 46.5 cm³/mol. The third-order valence-corrected chi connectivity index (χ3v) is 1.93. The molecule has 0 aromatic carbocycles. The van der Waals surface area contributed by atoms with Gasteiger partial charge in [-0.1, -0.05) is 0 Å². The molecule has 5 nitrogen and oxygen atoms in total. The van der Waals surface area contributed by atoms with Crippen LogP contribution in [0.15, 0.2) is 0 Å². The molecule has 1 heterocycles. The second-order valence-electron chi connectivity index (χ2n) is 3.61. The summed E-state index contributed by atoms with van der Waals surface area (Å²) in [6.45, 7) is 4.64. The highest BCUT2D eigenvalue weighted by molar-refractivity contribution is 5.89. The van der Waals surface area contributed by atoms with Gasteiger partial charge in [0.1, 0.15) is 0 Å². The quantitative estimate of drug-likeness (QED) is 0.601. The molecule has 0 radical (unpaired) electrons. The van der Waals surface area contributed by atoms with Crippen molar-refractivity contribution in [1.82, 2.24) is 0 Å². The Bertz CT molecular complexity index is 258. The Morgan fingerprint density at radius 1 is 1.21 bits per heavy atom. The topological polar surface area (TPSA) is 61.8 Å². The number of esters is 1. The average Bonchev–Trinajstić information content (AvgIpc) is 2.40. The number of ether oxygens (including phenoxy) is 3. The van der Waals surface area contributed by atoms with Gasteiger partial charge in [-0.15, -0.1) is 0 Å². The molecule has 1 aliphatic heterocycles. The molecular formula is C9H14O5. The SMILES string of the molecule is COC(=O)[C@@H]1OC(C)(C)OC1C(C)=O. The maximum Gasteiger partial charge on any atom is 0.338 e. The van der Waals surface area contributed by atoms with Crippen molar-refractivity contribution in [3.05, 3.63) is 0 Å². The first-order valence-electron chi connectivity index (χ1n) is 4.31. The van der Waals surface area contributed by atoms with E-state index in [1.165, 1.54) is 14.0 Å². The Morgan fingerprint density at radius 3 is 2.14 bits per heavy atom. The Labute approximate surface area is 82.3 Å². The number of carbonyl (C=O) groups excluding carboxylic acids is 2. The van der Waals surface area contributed by atoms with E-state index in [-0.39, 0.29) is 5.78 Å². The van der Waals surface area contributed by atoms with Crippen LogP contribution in [-0.2, 0) is 23.8 Å². The molecular weight excluding hydrogens is 188 g/mol. The van der Waals surface area contributed by atoms with Crippen molar-refractivity contribution < 1.29 is 23.8 Å². The van der Waals surface area contributed by atoms with E-state index >= 15 is 0 Å². The van der Waals surface area contributed by atoms with Gasteiger partial charge in [0.25, 0.3) is 0 Å². The number of hydrogen-bond acceptors (Lipinski definition) is 5. The van der Waals surface area contributed by atoms with Gasteiger partial charge < -0.3 is 14.2 Å². The largest absolute Gasteiger partial charge is 0.467 e. The first-order chi connectivity index (χ1) is 6.37. The average molecular weight is 202 g/mol. The summed E-state index contributed by atoms with van der Waals surface area (Å²) in [5, 5.41) is 0. The smallest absolute Gasteiger partial charge is 0.338 e. The van der Waals surface area contributed by atoms with Crippen molar-refractivity contribution in [3.8, 4) is 0 Å². The summed E-state index contributed by atoms with van der Waals surface area (Å²) in [4.78, 5) is 22.4. The molecule has 1 saturated heterocycles. The molecule has 14 heavy (non-hydrogen) atoms. The third kappa shape index (κ3) is 2.10. The third-order valence-electron chi connectivity index (χ3n) is 1.93. The lowest BCUT2D eigenvalue weighted by molar-refractivity contribution is -0.168. The zero-order valence-electron chi connectivity index (χ0n) is 8.70. The van der Waals surface area contributed by atoms with Crippen molar-refractivity contribution in [2.75, 3.05) is 7.11 Å². The molecule has 0 spiro atoms. The van der Waals surface area contributed by atoms with Crippen LogP contribution in [-0.4, -0.2) is 36.9 Å². The molecule has 1 rings (SSSR count). The highest BCUT2D eigenvalue weighted by Gasteiger charge is 2.48. The van der Waals surface area contributed by atoms with Crippen LogP contribution in [0.1, 0.15) is 20.8 Å². The lowest BCUT2D eigenvalue weighted by Crippen LogP contribution is -2.36. The predicted octanol–water partition coefficient (Wildman–Crippen LogP) is 0.268. The number of rotatable bonds is 2. The van der Waals surface area contributed by atoms with Gasteiger partial charge in [0, 0.05) is 0 Å². The van der Waals surface area contributed by atoms with Crippen LogP contribution in [0.4, 0.5) is 0 Å². The maximum atomic E-state index is 11.2. The van der Waals surface area contributed by atoms with Crippen molar-refractivity contribution >= 4 is 11.8 Å². The van der Waals surface area contributed by atoms with Gasteiger partial charge in [0.2, 0.25) is 0 Å². The fourth-order valence-electron chi connectivity index (χ4n) is 1.35. The second-order valence-corrected chi connectivity index (χ2v) is 3.61. The molecule has 0 aliphatic carbocycles. The zero-order valence-corrected chi connectivity index (χ0v) is 8.70. The first kappa shape index (κ1) is 11.1. The summed E-state index contributed by atoms with van der Waals surface area (Å²) in [6.07, 6.45) is -1.81. The molecule has 1 fully saturated rings. The molecule has 80 valence electrons. The van der Waals surface area contributed by atoms with Crippen LogP contribution in [0.5, 0.6) is 0 Å². The molecule has 0 bridgehead atoms. The molecule has 0 aromatic rings. The fourth-order valence-corrected chi connectivity index (χ4v) is 1.35. The standard InChI is InChI=1S/C9H14O5/c1-5(10)6-7(8(11)12-4)14-9(2,3)13-6/h6-7H,1-4H3/t6?,7-/m1/s1. The van der Waals surface area contributed by atoms with E-state index in [1.807, 2.05) is 0 Å². The number of Topliss-reactive ketones (excluding diaryl/α,β-unsaturated/α-hetero) is 1. The zero-order chi connectivity index (χ0) is 10.9. The molecule has 5 heteroatoms. The Kier molecular flexibility index (Phi) is 2.92. The van der Waals surface area contributed by atoms with Crippen molar-refractivity contribution in [2.45, 2.75) is 38.8 Å². The lowest BCUT2D eigenvalue weighted by atomic mass is 10.1. The fraction of sp³-hybridized carbons (Fsp3) is 0.778. The molecule has 0 saturated carbocycles. The Morgan fingerprint density at radius 2 is 1.71 bits per heavy atom. The van der Waals surface area contributed by atoms with Gasteiger partial charge in [-0.05, 0) is 20.8 Å². The van der Waals surface area contributed by atoms with Crippen LogP contribution in [0.25, 0.3) is 0 Å². The monoisotopic (exact) mass is 202 g/mol. The van der Waals surface area contributed by atoms with Crippen LogP contribution in [0, 0.1) is 0 Å². The summed E-state index contributed by atoms with van der Waals surface area (Å²) in [6, 6.07) is 0. The minimum Gasteiger partial charge on any atom is -0.467 e. The van der Waals surface area contributed by atoms with E-state index in [4.69, 9.17) is 9.47 Å². The van der Waals surface area contributed by atoms with E-state index in [1.54, 1.807) is 13.8 Å². The second kappa shape index (κ2) is 3.67. The van der Waals surface area contributed by atoms with E-state index < -0.39 is 24.0 Å². The molecule has 1 unspecified atom stereocenters. The van der Waals surface area contributed by atoms with Crippen molar-refractivity contribution in [1.29, 1.82) is 0 Å². The van der Waals surface area contributed by atoms with Crippen molar-refractivity contribution in [3.63, 3.8) is 0 Å². The van der Waals surface area contributed by atoms with Crippen LogP contribution >= 0.6 is 0 Å². The first-order valence-corrected chi connectivity index (χ1v) is 4.31. The van der Waals surface area contributed by atoms with Crippen molar-refractivity contribution in [2.24, 2.45) is 0 Å². The highest BCUT2D eigenvalue weighted by atomic mass is 16.8. The van der Waals surface area contributed by atoms with E-state index in [9.17, 15) is 9.59 Å². The van der Waals surface area contributed by atoms with Gasteiger partial charge in [-0.2, -0.15) is 0 Å². The molecule has 0 N–H and O–H groups in total. The molecule has 2 atom stereocenters. The van der Waals surface area contributed by atoms with E-state index in [0.29, 0.717) is 0 Å². The van der Waals surface area contributed by atoms with Gasteiger partial charge in [0.15, 0.2) is 23.8 Å². The molecule has 0 amide bonds. The molecule has 1 aliphatic rings. The summed E-state index contributed by atoms with van der Waals surface area (Å²) in [7, 11) is 1.24. The number of ketones is 1. The Balaban J connectivity index is 2.83. The minimum atomic E-state index is -0.951. The number of hydrogen-bond donors (Lipinski definition) is 0.